The van der Waals surface area contributed by atoms with Crippen molar-refractivity contribution in [2.45, 2.75) is 19.9 Å². The molecule has 98 valence electrons. The van der Waals surface area contributed by atoms with Crippen LogP contribution in [0, 0.1) is 5.82 Å². The van der Waals surface area contributed by atoms with Crippen LogP contribution in [-0.2, 0) is 0 Å². The van der Waals surface area contributed by atoms with E-state index in [-0.39, 0.29) is 11.9 Å². The van der Waals surface area contributed by atoms with E-state index in [1.807, 2.05) is 13.8 Å². The molecule has 1 aromatic carbocycles. The third kappa shape index (κ3) is 5.74. The van der Waals surface area contributed by atoms with Crippen LogP contribution in [0.2, 0.25) is 0 Å². The lowest BCUT2D eigenvalue weighted by atomic mass is 10.3. The molecule has 0 amide bonds. The Labute approximate surface area is 116 Å². The van der Waals surface area contributed by atoms with Gasteiger partial charge in [0.25, 0.3) is 0 Å². The summed E-state index contributed by atoms with van der Waals surface area (Å²) in [6.45, 7) is 3.95. The predicted octanol–water partition coefficient (Wildman–Crippen LogP) is 1.90. The maximum absolute atomic E-state index is 12.7. The third-order valence-electron chi connectivity index (χ3n) is 1.81. The van der Waals surface area contributed by atoms with Crippen molar-refractivity contribution in [2.75, 3.05) is 5.32 Å². The molecule has 0 bridgehead atoms. The highest BCUT2D eigenvalue weighted by atomic mass is 32.1. The zero-order valence-corrected chi connectivity index (χ0v) is 11.7. The molecule has 0 aromatic heterocycles. The Balaban J connectivity index is 2.34. The van der Waals surface area contributed by atoms with Crippen LogP contribution >= 0.6 is 24.4 Å². The molecule has 0 heterocycles. The van der Waals surface area contributed by atoms with Crippen molar-refractivity contribution < 1.29 is 4.39 Å². The zero-order chi connectivity index (χ0) is 13.5. The van der Waals surface area contributed by atoms with Crippen molar-refractivity contribution in [3.05, 3.63) is 30.1 Å². The minimum atomic E-state index is -0.292. The minimum Gasteiger partial charge on any atom is -0.359 e. The topological polar surface area (TPSA) is 48.1 Å². The lowest BCUT2D eigenvalue weighted by molar-refractivity contribution is 0.628. The molecule has 18 heavy (non-hydrogen) atoms. The van der Waals surface area contributed by atoms with Gasteiger partial charge in [-0.1, -0.05) is 0 Å². The normalized spacial score (nSPS) is 9.78. The molecule has 0 fully saturated rings. The van der Waals surface area contributed by atoms with E-state index in [9.17, 15) is 4.39 Å². The summed E-state index contributed by atoms with van der Waals surface area (Å²) >= 11 is 10.0. The molecule has 0 atom stereocenters. The summed E-state index contributed by atoms with van der Waals surface area (Å²) < 4.78 is 12.7. The average Bonchev–Trinajstić information content (AvgIpc) is 2.29. The molecular weight excluding hydrogens is 271 g/mol. The number of hydrogen-bond acceptors (Lipinski definition) is 2. The number of anilines is 1. The van der Waals surface area contributed by atoms with Crippen LogP contribution in [0.15, 0.2) is 24.3 Å². The summed E-state index contributed by atoms with van der Waals surface area (Å²) in [6.07, 6.45) is 0. The molecule has 0 saturated carbocycles. The monoisotopic (exact) mass is 286 g/mol. The van der Waals surface area contributed by atoms with E-state index >= 15 is 0 Å². The molecule has 0 aliphatic carbocycles. The van der Waals surface area contributed by atoms with Crippen LogP contribution in [-0.4, -0.2) is 16.3 Å². The molecule has 7 heteroatoms. The molecule has 0 unspecified atom stereocenters. The first kappa shape index (κ1) is 14.6. The maximum atomic E-state index is 12.7. The average molecular weight is 286 g/mol. The molecule has 4 nitrogen and oxygen atoms in total. The fraction of sp³-hybridized carbons (Fsp3) is 0.273. The van der Waals surface area contributed by atoms with Gasteiger partial charge in [-0.25, -0.2) is 4.39 Å². The van der Waals surface area contributed by atoms with E-state index in [4.69, 9.17) is 24.4 Å². The van der Waals surface area contributed by atoms with Gasteiger partial charge < -0.3 is 10.6 Å². The molecule has 0 radical (unpaired) electrons. The number of thiocarbonyl (C=S) groups is 2. The summed E-state index contributed by atoms with van der Waals surface area (Å²) in [5.74, 6) is -0.292. The van der Waals surface area contributed by atoms with Crippen LogP contribution in [0.4, 0.5) is 10.1 Å². The molecule has 1 aromatic rings. The standard InChI is InChI=1S/C11H15FN4S2/c1-7(2)13-10(17)15-16-11(18)14-9-5-3-8(12)4-6-9/h3-7H,1-2H3,(H2,13,15,17)(H2,14,16,18). The van der Waals surface area contributed by atoms with E-state index < -0.39 is 0 Å². The Morgan fingerprint density at radius 1 is 1.06 bits per heavy atom. The van der Waals surface area contributed by atoms with E-state index in [0.29, 0.717) is 15.9 Å². The molecular formula is C11H15FN4S2. The predicted molar refractivity (Wildman–Crippen MR) is 79.8 cm³/mol. The van der Waals surface area contributed by atoms with Gasteiger partial charge in [-0.15, -0.1) is 0 Å². The number of hydrazine groups is 1. The van der Waals surface area contributed by atoms with E-state index in [2.05, 4.69) is 21.5 Å². The summed E-state index contributed by atoms with van der Waals surface area (Å²) in [5, 5.41) is 6.67. The number of benzene rings is 1. The van der Waals surface area contributed by atoms with Crippen molar-refractivity contribution >= 4 is 40.3 Å². The zero-order valence-electron chi connectivity index (χ0n) is 10.1. The highest BCUT2D eigenvalue weighted by Gasteiger charge is 2.00. The van der Waals surface area contributed by atoms with Crippen molar-refractivity contribution in [1.82, 2.24) is 16.2 Å². The van der Waals surface area contributed by atoms with Crippen LogP contribution < -0.4 is 21.5 Å². The Kier molecular flexibility index (Phi) is 5.73. The second-order valence-electron chi connectivity index (χ2n) is 3.84. The van der Waals surface area contributed by atoms with Gasteiger partial charge in [0.2, 0.25) is 0 Å². The quantitative estimate of drug-likeness (QED) is 0.492. The first-order valence-electron chi connectivity index (χ1n) is 5.36. The highest BCUT2D eigenvalue weighted by molar-refractivity contribution is 7.80. The van der Waals surface area contributed by atoms with Crippen LogP contribution in [0.25, 0.3) is 0 Å². The van der Waals surface area contributed by atoms with Gasteiger partial charge in [-0.05, 0) is 62.5 Å². The van der Waals surface area contributed by atoms with Gasteiger partial charge in [-0.2, -0.15) is 0 Å². The molecule has 0 spiro atoms. The molecule has 1 rings (SSSR count). The molecule has 4 N–H and O–H groups in total. The van der Waals surface area contributed by atoms with Gasteiger partial charge in [0, 0.05) is 11.7 Å². The Bertz CT molecular complexity index is 420. The summed E-state index contributed by atoms with van der Waals surface area (Å²) in [6, 6.07) is 6.12. The Morgan fingerprint density at radius 2 is 1.61 bits per heavy atom. The first-order valence-corrected chi connectivity index (χ1v) is 6.18. The Morgan fingerprint density at radius 3 is 2.17 bits per heavy atom. The molecule has 0 aliphatic rings. The smallest absolute Gasteiger partial charge is 0.189 e. The number of halogens is 1. The van der Waals surface area contributed by atoms with Crippen molar-refractivity contribution in [3.63, 3.8) is 0 Å². The summed E-state index contributed by atoms with van der Waals surface area (Å²) in [7, 11) is 0. The third-order valence-corrected chi connectivity index (χ3v) is 2.24. The number of nitrogens with one attached hydrogen (secondary N) is 4. The second kappa shape index (κ2) is 7.07. The number of rotatable bonds is 2. The van der Waals surface area contributed by atoms with E-state index in [0.717, 1.165) is 0 Å². The van der Waals surface area contributed by atoms with Gasteiger partial charge >= 0.3 is 0 Å². The highest BCUT2D eigenvalue weighted by Crippen LogP contribution is 2.07. The number of hydrogen-bond donors (Lipinski definition) is 4. The first-order chi connectivity index (χ1) is 8.47. The SMILES string of the molecule is CC(C)NC(=S)NNC(=S)Nc1ccc(F)cc1. The second-order valence-corrected chi connectivity index (χ2v) is 4.66. The van der Waals surface area contributed by atoms with Gasteiger partial charge in [0.15, 0.2) is 10.2 Å². The lowest BCUT2D eigenvalue weighted by Gasteiger charge is -2.15. The van der Waals surface area contributed by atoms with Crippen molar-refractivity contribution in [1.29, 1.82) is 0 Å². The van der Waals surface area contributed by atoms with Crippen LogP contribution in [0.3, 0.4) is 0 Å². The molecule has 0 saturated heterocycles. The summed E-state index contributed by atoms with van der Waals surface area (Å²) in [4.78, 5) is 0. The van der Waals surface area contributed by atoms with Gasteiger partial charge in [0.05, 0.1) is 0 Å². The van der Waals surface area contributed by atoms with E-state index in [1.54, 1.807) is 12.1 Å². The summed E-state index contributed by atoms with van der Waals surface area (Å²) in [5.41, 5.74) is 6.15. The van der Waals surface area contributed by atoms with Crippen molar-refractivity contribution in [3.8, 4) is 0 Å². The fourth-order valence-electron chi connectivity index (χ4n) is 1.11. The minimum absolute atomic E-state index is 0.241. The van der Waals surface area contributed by atoms with Gasteiger partial charge in [-0.3, -0.25) is 10.9 Å². The van der Waals surface area contributed by atoms with Crippen LogP contribution in [0.1, 0.15) is 13.8 Å². The van der Waals surface area contributed by atoms with Crippen molar-refractivity contribution in [2.24, 2.45) is 0 Å². The largest absolute Gasteiger partial charge is 0.359 e. The fourth-order valence-corrected chi connectivity index (χ4v) is 1.56. The lowest BCUT2D eigenvalue weighted by Crippen LogP contribution is -2.49. The van der Waals surface area contributed by atoms with Crippen LogP contribution in [0.5, 0.6) is 0 Å². The molecule has 0 aliphatic heterocycles. The van der Waals surface area contributed by atoms with E-state index in [1.165, 1.54) is 12.1 Å². The maximum Gasteiger partial charge on any atom is 0.189 e. The van der Waals surface area contributed by atoms with Gasteiger partial charge in [0.1, 0.15) is 5.82 Å². The Hall–Kier alpha value is -1.47.